The number of hydrogen-bond acceptors (Lipinski definition) is 6. The summed E-state index contributed by atoms with van der Waals surface area (Å²) in [4.78, 5) is 23.4. The van der Waals surface area contributed by atoms with E-state index in [0.29, 0.717) is 39.8 Å². The minimum absolute atomic E-state index is 0.0782. The molecule has 1 aliphatic heterocycles. The van der Waals surface area contributed by atoms with Gasteiger partial charge in [-0.05, 0) is 49.4 Å². The second-order valence-electron chi connectivity index (χ2n) is 6.68. The van der Waals surface area contributed by atoms with Gasteiger partial charge in [0.25, 0.3) is 11.6 Å². The zero-order valence-corrected chi connectivity index (χ0v) is 18.1. The van der Waals surface area contributed by atoms with Gasteiger partial charge in [0.2, 0.25) is 0 Å². The number of nitro groups is 1. The number of benzene rings is 2. The second kappa shape index (κ2) is 8.19. The fraction of sp³-hybridized carbons (Fsp3) is 0.0909. The number of anilines is 1. The van der Waals surface area contributed by atoms with Crippen LogP contribution in [0.3, 0.4) is 0 Å². The molecule has 0 atom stereocenters. The summed E-state index contributed by atoms with van der Waals surface area (Å²) in [5.74, 6) is 0.964. The fourth-order valence-electron chi connectivity index (χ4n) is 3.18. The smallest absolute Gasteiger partial charge is 0.280 e. The maximum atomic E-state index is 12.9. The van der Waals surface area contributed by atoms with E-state index in [0.717, 1.165) is 4.47 Å². The summed E-state index contributed by atoms with van der Waals surface area (Å²) in [6, 6.07) is 15.0. The third kappa shape index (κ3) is 3.99. The predicted molar refractivity (Wildman–Crippen MR) is 120 cm³/mol. The van der Waals surface area contributed by atoms with Crippen LogP contribution in [0.25, 0.3) is 17.4 Å². The summed E-state index contributed by atoms with van der Waals surface area (Å²) in [7, 11) is 1.43. The Morgan fingerprint density at radius 3 is 2.71 bits per heavy atom. The van der Waals surface area contributed by atoms with Crippen molar-refractivity contribution < 1.29 is 18.9 Å². The number of ether oxygens (including phenoxy) is 1. The number of nitrogens with zero attached hydrogens (tertiary/aromatic N) is 3. The van der Waals surface area contributed by atoms with E-state index < -0.39 is 4.92 Å². The van der Waals surface area contributed by atoms with Crippen LogP contribution >= 0.6 is 15.9 Å². The molecule has 3 aromatic rings. The molecule has 31 heavy (non-hydrogen) atoms. The van der Waals surface area contributed by atoms with Crippen molar-refractivity contribution in [3.63, 3.8) is 0 Å². The van der Waals surface area contributed by atoms with Gasteiger partial charge >= 0.3 is 0 Å². The summed E-state index contributed by atoms with van der Waals surface area (Å²) >= 11 is 3.40. The Bertz CT molecular complexity index is 1260. The number of carbonyl (C=O) groups excluding carboxylic acids is 1. The molecule has 0 saturated carbocycles. The molecule has 0 saturated heterocycles. The van der Waals surface area contributed by atoms with Gasteiger partial charge in [-0.15, -0.1) is 0 Å². The summed E-state index contributed by atoms with van der Waals surface area (Å²) in [6.07, 6.45) is 1.63. The van der Waals surface area contributed by atoms with Crippen molar-refractivity contribution in [3.8, 4) is 17.1 Å². The zero-order valence-electron chi connectivity index (χ0n) is 16.5. The zero-order chi connectivity index (χ0) is 22.1. The van der Waals surface area contributed by atoms with Crippen LogP contribution in [0.1, 0.15) is 12.7 Å². The lowest BCUT2D eigenvalue weighted by Gasteiger charge is -2.11. The third-order valence-corrected chi connectivity index (χ3v) is 5.18. The van der Waals surface area contributed by atoms with E-state index in [1.54, 1.807) is 37.3 Å². The van der Waals surface area contributed by atoms with Crippen LogP contribution in [0.4, 0.5) is 11.4 Å². The van der Waals surface area contributed by atoms with Crippen molar-refractivity contribution in [1.82, 2.24) is 0 Å². The van der Waals surface area contributed by atoms with E-state index in [-0.39, 0.29) is 11.6 Å². The fourth-order valence-corrected chi connectivity index (χ4v) is 3.57. The first-order chi connectivity index (χ1) is 14.9. The highest BCUT2D eigenvalue weighted by Gasteiger charge is 2.29. The molecular formula is C22H16BrN3O5. The molecular weight excluding hydrogens is 466 g/mol. The Morgan fingerprint density at radius 2 is 2.00 bits per heavy atom. The monoisotopic (exact) mass is 481 g/mol. The normalized spacial score (nSPS) is 14.8. The minimum Gasteiger partial charge on any atom is -0.496 e. The Morgan fingerprint density at radius 1 is 1.19 bits per heavy atom. The molecule has 2 aromatic carbocycles. The molecule has 1 aromatic heterocycles. The Hall–Kier alpha value is -3.72. The van der Waals surface area contributed by atoms with Gasteiger partial charge in [0.05, 0.1) is 40.6 Å². The summed E-state index contributed by atoms with van der Waals surface area (Å²) in [5, 5.41) is 16.7. The van der Waals surface area contributed by atoms with Crippen LogP contribution in [0.2, 0.25) is 0 Å². The second-order valence-corrected chi connectivity index (χ2v) is 7.60. The van der Waals surface area contributed by atoms with Crippen molar-refractivity contribution in [3.05, 3.63) is 80.5 Å². The van der Waals surface area contributed by atoms with Crippen LogP contribution in [0, 0.1) is 10.1 Å². The SMILES string of the molecule is COc1cc([N+](=O)[O-])ccc1-c1ccc(/C=C2\C(=O)N(c3cccc(Br)c3)N=C2C)o1. The summed E-state index contributed by atoms with van der Waals surface area (Å²) < 4.78 is 12.0. The van der Waals surface area contributed by atoms with Crippen molar-refractivity contribution >= 4 is 45.0 Å². The maximum Gasteiger partial charge on any atom is 0.280 e. The van der Waals surface area contributed by atoms with Crippen molar-refractivity contribution in [2.24, 2.45) is 5.10 Å². The average molecular weight is 482 g/mol. The van der Waals surface area contributed by atoms with Gasteiger partial charge in [-0.25, -0.2) is 0 Å². The van der Waals surface area contributed by atoms with Crippen LogP contribution in [-0.2, 0) is 4.79 Å². The number of methoxy groups -OCH3 is 1. The van der Waals surface area contributed by atoms with Gasteiger partial charge in [0.15, 0.2) is 0 Å². The molecule has 0 fully saturated rings. The molecule has 156 valence electrons. The van der Waals surface area contributed by atoms with Crippen LogP contribution < -0.4 is 9.75 Å². The molecule has 8 nitrogen and oxygen atoms in total. The van der Waals surface area contributed by atoms with Gasteiger partial charge in [-0.2, -0.15) is 10.1 Å². The number of hydrazone groups is 1. The molecule has 0 aliphatic carbocycles. The molecule has 0 spiro atoms. The van der Waals surface area contributed by atoms with Crippen molar-refractivity contribution in [2.45, 2.75) is 6.92 Å². The lowest BCUT2D eigenvalue weighted by atomic mass is 10.1. The number of furan rings is 1. The molecule has 2 heterocycles. The number of rotatable bonds is 5. The summed E-state index contributed by atoms with van der Waals surface area (Å²) in [5.41, 5.74) is 2.12. The first-order valence-electron chi connectivity index (χ1n) is 9.17. The third-order valence-electron chi connectivity index (χ3n) is 4.69. The first kappa shape index (κ1) is 20.5. The quantitative estimate of drug-likeness (QED) is 0.274. The first-order valence-corrected chi connectivity index (χ1v) is 9.96. The van der Waals surface area contributed by atoms with Crippen molar-refractivity contribution in [1.29, 1.82) is 0 Å². The molecule has 9 heteroatoms. The molecule has 4 rings (SSSR count). The van der Waals surface area contributed by atoms with Gasteiger partial charge < -0.3 is 9.15 Å². The van der Waals surface area contributed by atoms with E-state index in [1.807, 2.05) is 18.2 Å². The van der Waals surface area contributed by atoms with Crippen LogP contribution in [0.15, 0.2) is 74.2 Å². The number of nitro benzene ring substituents is 1. The average Bonchev–Trinajstić information content (AvgIpc) is 3.33. The van der Waals surface area contributed by atoms with E-state index in [2.05, 4.69) is 21.0 Å². The molecule has 0 unspecified atom stereocenters. The number of hydrogen-bond donors (Lipinski definition) is 0. The van der Waals surface area contributed by atoms with E-state index in [1.165, 1.54) is 24.3 Å². The highest BCUT2D eigenvalue weighted by molar-refractivity contribution is 9.10. The molecule has 0 bridgehead atoms. The Kier molecular flexibility index (Phi) is 5.43. The van der Waals surface area contributed by atoms with Crippen LogP contribution in [0.5, 0.6) is 5.75 Å². The van der Waals surface area contributed by atoms with Crippen molar-refractivity contribution in [2.75, 3.05) is 12.1 Å². The number of amides is 1. The lowest BCUT2D eigenvalue weighted by molar-refractivity contribution is -0.384. The lowest BCUT2D eigenvalue weighted by Crippen LogP contribution is -2.21. The topological polar surface area (TPSA) is 98.2 Å². The number of halogens is 1. The number of non-ortho nitro benzene ring substituents is 1. The number of carbonyl (C=O) groups is 1. The molecule has 1 aliphatic rings. The predicted octanol–water partition coefficient (Wildman–Crippen LogP) is 5.43. The van der Waals surface area contributed by atoms with Gasteiger partial charge in [-0.1, -0.05) is 22.0 Å². The standard InChI is InChI=1S/C22H16BrN3O5/c1-13-19(22(27)25(24-13)15-5-3-4-14(23)10-15)12-17-7-9-20(31-17)18-8-6-16(26(28)29)11-21(18)30-2/h3-12H,1-2H3/b19-12-. The van der Waals surface area contributed by atoms with Gasteiger partial charge in [0, 0.05) is 10.5 Å². The largest absolute Gasteiger partial charge is 0.496 e. The highest BCUT2D eigenvalue weighted by atomic mass is 79.9. The maximum absolute atomic E-state index is 12.9. The minimum atomic E-state index is -0.491. The van der Waals surface area contributed by atoms with E-state index in [9.17, 15) is 14.9 Å². The Labute approximate surface area is 185 Å². The van der Waals surface area contributed by atoms with Crippen LogP contribution in [-0.4, -0.2) is 23.7 Å². The van der Waals surface area contributed by atoms with Gasteiger partial charge in [0.1, 0.15) is 17.3 Å². The molecule has 1 amide bonds. The molecule has 0 N–H and O–H groups in total. The highest BCUT2D eigenvalue weighted by Crippen LogP contribution is 2.35. The Balaban J connectivity index is 1.64. The van der Waals surface area contributed by atoms with Gasteiger partial charge in [-0.3, -0.25) is 14.9 Å². The van der Waals surface area contributed by atoms with E-state index >= 15 is 0 Å². The molecule has 0 radical (unpaired) electrons. The summed E-state index contributed by atoms with van der Waals surface area (Å²) in [6.45, 7) is 1.75. The van der Waals surface area contributed by atoms with E-state index in [4.69, 9.17) is 9.15 Å².